The summed E-state index contributed by atoms with van der Waals surface area (Å²) in [6.45, 7) is 3.93. The van der Waals surface area contributed by atoms with Gasteiger partial charge in [-0.15, -0.1) is 0 Å². The van der Waals surface area contributed by atoms with Gasteiger partial charge in [-0.1, -0.05) is 25.3 Å². The molecule has 0 radical (unpaired) electrons. The number of benzene rings is 1. The number of aliphatic hydroxyl groups excluding tert-OH is 1. The zero-order valence-corrected chi connectivity index (χ0v) is 10.8. The molecule has 2 N–H and O–H groups in total. The zero-order chi connectivity index (χ0) is 12.4. The van der Waals surface area contributed by atoms with Crippen molar-refractivity contribution >= 4 is 0 Å². The second-order valence-corrected chi connectivity index (χ2v) is 5.23. The maximum absolute atomic E-state index is 10.3. The second-order valence-electron chi connectivity index (χ2n) is 5.23. The van der Waals surface area contributed by atoms with Gasteiger partial charge in [-0.25, -0.2) is 0 Å². The molecule has 1 aromatic carbocycles. The minimum Gasteiger partial charge on any atom is -0.507 e. The fourth-order valence-electron chi connectivity index (χ4n) is 3.01. The van der Waals surface area contributed by atoms with Crippen molar-refractivity contribution in [2.24, 2.45) is 0 Å². The van der Waals surface area contributed by atoms with Crippen molar-refractivity contribution in [2.75, 3.05) is 0 Å². The van der Waals surface area contributed by atoms with E-state index < -0.39 is 0 Å². The summed E-state index contributed by atoms with van der Waals surface area (Å²) in [5.74, 6) is 0.917. The molecule has 1 fully saturated rings. The zero-order valence-electron chi connectivity index (χ0n) is 10.8. The lowest BCUT2D eigenvalue weighted by Crippen LogP contribution is -2.07. The van der Waals surface area contributed by atoms with Crippen LogP contribution in [0.4, 0.5) is 0 Å². The van der Waals surface area contributed by atoms with Crippen molar-refractivity contribution in [3.8, 4) is 5.75 Å². The summed E-state index contributed by atoms with van der Waals surface area (Å²) >= 11 is 0. The first kappa shape index (κ1) is 12.4. The van der Waals surface area contributed by atoms with E-state index in [0.717, 1.165) is 22.3 Å². The van der Waals surface area contributed by atoms with Gasteiger partial charge in [0.15, 0.2) is 0 Å². The third-order valence-corrected chi connectivity index (χ3v) is 4.13. The Morgan fingerprint density at radius 3 is 2.41 bits per heavy atom. The minimum atomic E-state index is 0.0101. The number of aromatic hydroxyl groups is 1. The van der Waals surface area contributed by atoms with Gasteiger partial charge in [-0.2, -0.15) is 0 Å². The fourth-order valence-corrected chi connectivity index (χ4v) is 3.01. The number of aliphatic hydroxyl groups is 1. The van der Waals surface area contributed by atoms with Crippen LogP contribution in [-0.4, -0.2) is 10.2 Å². The molecule has 0 heterocycles. The van der Waals surface area contributed by atoms with Gasteiger partial charge in [0.1, 0.15) is 5.75 Å². The summed E-state index contributed by atoms with van der Waals surface area (Å²) in [4.78, 5) is 0. The van der Waals surface area contributed by atoms with Crippen molar-refractivity contribution < 1.29 is 10.2 Å². The third kappa shape index (κ3) is 2.32. The van der Waals surface area contributed by atoms with E-state index in [1.165, 1.54) is 32.1 Å². The SMILES string of the molecule is Cc1cc(C2CCCCC2)c(O)c(C)c1CO. The normalized spacial score (nSPS) is 17.4. The van der Waals surface area contributed by atoms with Gasteiger partial charge >= 0.3 is 0 Å². The van der Waals surface area contributed by atoms with E-state index in [2.05, 4.69) is 6.07 Å². The van der Waals surface area contributed by atoms with Gasteiger partial charge in [-0.3, -0.25) is 0 Å². The predicted octanol–water partition coefficient (Wildman–Crippen LogP) is 3.55. The van der Waals surface area contributed by atoms with Crippen LogP contribution in [0.3, 0.4) is 0 Å². The van der Waals surface area contributed by atoms with Gasteiger partial charge in [0, 0.05) is 0 Å². The van der Waals surface area contributed by atoms with E-state index in [1.807, 2.05) is 13.8 Å². The summed E-state index contributed by atoms with van der Waals surface area (Å²) < 4.78 is 0. The van der Waals surface area contributed by atoms with Crippen molar-refractivity contribution in [1.29, 1.82) is 0 Å². The molecular weight excluding hydrogens is 212 g/mol. The van der Waals surface area contributed by atoms with Gasteiger partial charge in [0.05, 0.1) is 6.61 Å². The molecule has 0 aliphatic heterocycles. The van der Waals surface area contributed by atoms with Gasteiger partial charge in [0.2, 0.25) is 0 Å². The monoisotopic (exact) mass is 234 g/mol. The molecule has 0 bridgehead atoms. The molecule has 0 saturated heterocycles. The average molecular weight is 234 g/mol. The molecule has 2 heteroatoms. The first-order valence-corrected chi connectivity index (χ1v) is 6.58. The van der Waals surface area contributed by atoms with Gasteiger partial charge in [-0.05, 0) is 54.9 Å². The number of aryl methyl sites for hydroxylation is 1. The molecule has 0 unspecified atom stereocenters. The fraction of sp³-hybridized carbons (Fsp3) is 0.600. The van der Waals surface area contributed by atoms with Crippen molar-refractivity contribution in [3.63, 3.8) is 0 Å². The molecule has 0 aromatic heterocycles. The molecule has 1 aliphatic rings. The molecule has 1 saturated carbocycles. The summed E-state index contributed by atoms with van der Waals surface area (Å²) in [5, 5.41) is 19.6. The largest absolute Gasteiger partial charge is 0.507 e. The standard InChI is InChI=1S/C15H22O2/c1-10-8-13(12-6-4-3-5-7-12)15(17)11(2)14(10)9-16/h8,12,16-17H,3-7,9H2,1-2H3. The second kappa shape index (κ2) is 5.09. The molecule has 2 nitrogen and oxygen atoms in total. The average Bonchev–Trinajstić information content (AvgIpc) is 2.35. The topological polar surface area (TPSA) is 40.5 Å². The molecule has 17 heavy (non-hydrogen) atoms. The van der Waals surface area contributed by atoms with E-state index in [1.54, 1.807) is 0 Å². The van der Waals surface area contributed by atoms with E-state index in [0.29, 0.717) is 11.7 Å². The first-order chi connectivity index (χ1) is 8.15. The minimum absolute atomic E-state index is 0.0101. The summed E-state index contributed by atoms with van der Waals surface area (Å²) in [7, 11) is 0. The molecule has 0 atom stereocenters. The summed E-state index contributed by atoms with van der Waals surface area (Å²) in [6.07, 6.45) is 6.23. The highest BCUT2D eigenvalue weighted by molar-refractivity contribution is 5.50. The molecular formula is C15H22O2. The number of hydrogen-bond donors (Lipinski definition) is 2. The Labute approximate surface area is 103 Å². The van der Waals surface area contributed by atoms with Crippen molar-refractivity contribution in [1.82, 2.24) is 0 Å². The number of phenols is 1. The van der Waals surface area contributed by atoms with Crippen molar-refractivity contribution in [2.45, 2.75) is 58.5 Å². The Bertz CT molecular complexity index is 404. The van der Waals surface area contributed by atoms with Gasteiger partial charge < -0.3 is 10.2 Å². The number of hydrogen-bond acceptors (Lipinski definition) is 2. The van der Waals surface area contributed by atoms with Crippen molar-refractivity contribution in [3.05, 3.63) is 28.3 Å². The Hall–Kier alpha value is -1.02. The molecule has 0 spiro atoms. The van der Waals surface area contributed by atoms with E-state index >= 15 is 0 Å². The molecule has 1 aliphatic carbocycles. The quantitative estimate of drug-likeness (QED) is 0.821. The van der Waals surface area contributed by atoms with Crippen LogP contribution in [0.1, 0.15) is 60.3 Å². The Morgan fingerprint density at radius 2 is 1.82 bits per heavy atom. The maximum Gasteiger partial charge on any atom is 0.122 e. The molecule has 1 aromatic rings. The lowest BCUT2D eigenvalue weighted by Gasteiger charge is -2.25. The van der Waals surface area contributed by atoms with Crippen LogP contribution in [0, 0.1) is 13.8 Å². The molecule has 0 amide bonds. The number of rotatable bonds is 2. The Morgan fingerprint density at radius 1 is 1.18 bits per heavy atom. The molecule has 2 rings (SSSR count). The van der Waals surface area contributed by atoms with E-state index in [4.69, 9.17) is 0 Å². The van der Waals surface area contributed by atoms with Crippen LogP contribution in [0.15, 0.2) is 6.07 Å². The summed E-state index contributed by atoms with van der Waals surface area (Å²) in [5.41, 5.74) is 3.93. The Kier molecular flexibility index (Phi) is 3.72. The lowest BCUT2D eigenvalue weighted by atomic mass is 9.81. The van der Waals surface area contributed by atoms with Crippen LogP contribution in [0.2, 0.25) is 0 Å². The third-order valence-electron chi connectivity index (χ3n) is 4.13. The highest BCUT2D eigenvalue weighted by Crippen LogP contribution is 2.40. The van der Waals surface area contributed by atoms with Crippen LogP contribution in [0.25, 0.3) is 0 Å². The highest BCUT2D eigenvalue weighted by atomic mass is 16.3. The summed E-state index contributed by atoms with van der Waals surface area (Å²) in [6, 6.07) is 2.07. The molecule has 94 valence electrons. The van der Waals surface area contributed by atoms with Gasteiger partial charge in [0.25, 0.3) is 0 Å². The Balaban J connectivity index is 2.40. The maximum atomic E-state index is 10.3. The van der Waals surface area contributed by atoms with Crippen LogP contribution >= 0.6 is 0 Å². The van der Waals surface area contributed by atoms with Crippen LogP contribution < -0.4 is 0 Å². The number of phenolic OH excluding ortho intramolecular Hbond substituents is 1. The van der Waals surface area contributed by atoms with E-state index in [-0.39, 0.29) is 6.61 Å². The first-order valence-electron chi connectivity index (χ1n) is 6.58. The van der Waals surface area contributed by atoms with Crippen LogP contribution in [-0.2, 0) is 6.61 Å². The predicted molar refractivity (Wildman–Crippen MR) is 69.3 cm³/mol. The lowest BCUT2D eigenvalue weighted by molar-refractivity contribution is 0.279. The highest BCUT2D eigenvalue weighted by Gasteiger charge is 2.21. The van der Waals surface area contributed by atoms with Crippen LogP contribution in [0.5, 0.6) is 5.75 Å². The smallest absolute Gasteiger partial charge is 0.122 e. The van der Waals surface area contributed by atoms with E-state index in [9.17, 15) is 10.2 Å².